The van der Waals surface area contributed by atoms with Crippen molar-refractivity contribution < 1.29 is 14.3 Å². The lowest BCUT2D eigenvalue weighted by molar-refractivity contribution is 0.0520. The van der Waals surface area contributed by atoms with Gasteiger partial charge in [-0.05, 0) is 31.0 Å². The van der Waals surface area contributed by atoms with Gasteiger partial charge in [0.25, 0.3) is 0 Å². The Morgan fingerprint density at radius 3 is 2.50 bits per heavy atom. The molecule has 2 aromatic rings. The van der Waals surface area contributed by atoms with Gasteiger partial charge in [0.05, 0.1) is 6.61 Å². The summed E-state index contributed by atoms with van der Waals surface area (Å²) in [5, 5.41) is 0. The van der Waals surface area contributed by atoms with Gasteiger partial charge in [-0.15, -0.1) is 0 Å². The third kappa shape index (κ3) is 3.38. The molecular formula is C17H18O3. The van der Waals surface area contributed by atoms with E-state index in [0.717, 1.165) is 11.1 Å². The lowest BCUT2D eigenvalue weighted by Gasteiger charge is -2.13. The summed E-state index contributed by atoms with van der Waals surface area (Å²) < 4.78 is 10.9. The number of esters is 1. The Bertz CT molecular complexity index is 576. The van der Waals surface area contributed by atoms with Crippen LogP contribution >= 0.6 is 0 Å². The molecule has 0 heterocycles. The van der Waals surface area contributed by atoms with Crippen molar-refractivity contribution in [2.24, 2.45) is 0 Å². The zero-order chi connectivity index (χ0) is 14.4. The summed E-state index contributed by atoms with van der Waals surface area (Å²) in [5.74, 6) is 0.223. The summed E-state index contributed by atoms with van der Waals surface area (Å²) in [4.78, 5) is 12.0. The molecule has 0 saturated heterocycles. The lowest BCUT2D eigenvalue weighted by atomic mass is 10.1. The third-order valence-corrected chi connectivity index (χ3v) is 2.95. The number of benzene rings is 2. The van der Waals surface area contributed by atoms with Crippen LogP contribution in [0, 0.1) is 6.92 Å². The van der Waals surface area contributed by atoms with Crippen LogP contribution < -0.4 is 4.74 Å². The molecule has 0 aliphatic carbocycles. The zero-order valence-electron chi connectivity index (χ0n) is 11.8. The van der Waals surface area contributed by atoms with Crippen LogP contribution in [-0.4, -0.2) is 12.6 Å². The molecule has 2 aromatic carbocycles. The molecule has 2 rings (SSSR count). The smallest absolute Gasteiger partial charge is 0.342 e. The molecular weight excluding hydrogens is 252 g/mol. The van der Waals surface area contributed by atoms with E-state index in [1.54, 1.807) is 13.0 Å². The fraction of sp³-hybridized carbons (Fsp3) is 0.235. The van der Waals surface area contributed by atoms with Crippen molar-refractivity contribution in [2.45, 2.75) is 20.5 Å². The second kappa shape index (κ2) is 6.75. The van der Waals surface area contributed by atoms with Crippen LogP contribution in [0.3, 0.4) is 0 Å². The van der Waals surface area contributed by atoms with E-state index in [-0.39, 0.29) is 5.97 Å². The van der Waals surface area contributed by atoms with E-state index in [1.165, 1.54) is 0 Å². The summed E-state index contributed by atoms with van der Waals surface area (Å²) in [6.45, 7) is 4.45. The summed E-state index contributed by atoms with van der Waals surface area (Å²) in [6.07, 6.45) is 0. The molecule has 0 N–H and O–H groups in total. The Morgan fingerprint density at radius 1 is 1.05 bits per heavy atom. The Balaban J connectivity index is 2.19. The number of aryl methyl sites for hydroxylation is 1. The molecule has 0 unspecified atom stereocenters. The van der Waals surface area contributed by atoms with Crippen LogP contribution in [0.4, 0.5) is 0 Å². The molecule has 3 heteroatoms. The highest BCUT2D eigenvalue weighted by molar-refractivity contribution is 5.94. The number of ether oxygens (including phenoxy) is 2. The number of carbonyl (C=O) groups excluding carboxylic acids is 1. The first-order valence-electron chi connectivity index (χ1n) is 6.66. The van der Waals surface area contributed by atoms with E-state index in [0.29, 0.717) is 24.5 Å². The van der Waals surface area contributed by atoms with Gasteiger partial charge in [0.1, 0.15) is 17.9 Å². The quantitative estimate of drug-likeness (QED) is 0.776. The second-order valence-corrected chi connectivity index (χ2v) is 4.44. The fourth-order valence-electron chi connectivity index (χ4n) is 1.96. The monoisotopic (exact) mass is 270 g/mol. The maximum atomic E-state index is 12.0. The highest BCUT2D eigenvalue weighted by Gasteiger charge is 2.16. The van der Waals surface area contributed by atoms with Gasteiger partial charge in [-0.3, -0.25) is 0 Å². The van der Waals surface area contributed by atoms with E-state index in [9.17, 15) is 4.79 Å². The van der Waals surface area contributed by atoms with Gasteiger partial charge in [0.15, 0.2) is 0 Å². The van der Waals surface area contributed by atoms with Gasteiger partial charge in [0.2, 0.25) is 0 Å². The van der Waals surface area contributed by atoms with Gasteiger partial charge in [0, 0.05) is 0 Å². The van der Waals surface area contributed by atoms with Crippen LogP contribution in [0.25, 0.3) is 0 Å². The van der Waals surface area contributed by atoms with Crippen LogP contribution in [0.1, 0.15) is 28.4 Å². The van der Waals surface area contributed by atoms with Gasteiger partial charge < -0.3 is 9.47 Å². The Labute approximate surface area is 119 Å². The topological polar surface area (TPSA) is 35.5 Å². The number of carbonyl (C=O) groups is 1. The number of hydrogen-bond donors (Lipinski definition) is 0. The van der Waals surface area contributed by atoms with E-state index < -0.39 is 0 Å². The van der Waals surface area contributed by atoms with E-state index >= 15 is 0 Å². The molecule has 0 spiro atoms. The fourth-order valence-corrected chi connectivity index (χ4v) is 1.96. The molecule has 0 saturated carbocycles. The number of rotatable bonds is 5. The minimum Gasteiger partial charge on any atom is -0.488 e. The van der Waals surface area contributed by atoms with Crippen molar-refractivity contribution in [1.29, 1.82) is 0 Å². The largest absolute Gasteiger partial charge is 0.488 e. The van der Waals surface area contributed by atoms with Crippen molar-refractivity contribution in [3.63, 3.8) is 0 Å². The first-order valence-corrected chi connectivity index (χ1v) is 6.66. The SMILES string of the molecule is CCOC(=O)c1c(C)cccc1OCc1ccccc1. The van der Waals surface area contributed by atoms with Gasteiger partial charge in [-0.1, -0.05) is 42.5 Å². The highest BCUT2D eigenvalue weighted by Crippen LogP contribution is 2.24. The van der Waals surface area contributed by atoms with E-state index in [4.69, 9.17) is 9.47 Å². The van der Waals surface area contributed by atoms with Crippen molar-refractivity contribution in [2.75, 3.05) is 6.61 Å². The van der Waals surface area contributed by atoms with Crippen molar-refractivity contribution in [3.8, 4) is 5.75 Å². The van der Waals surface area contributed by atoms with E-state index in [2.05, 4.69) is 0 Å². The summed E-state index contributed by atoms with van der Waals surface area (Å²) in [7, 11) is 0. The Morgan fingerprint density at radius 2 is 1.80 bits per heavy atom. The maximum Gasteiger partial charge on any atom is 0.342 e. The summed E-state index contributed by atoms with van der Waals surface area (Å²) in [5.41, 5.74) is 2.42. The number of hydrogen-bond acceptors (Lipinski definition) is 3. The minimum absolute atomic E-state index is 0.339. The predicted octanol–water partition coefficient (Wildman–Crippen LogP) is 3.75. The van der Waals surface area contributed by atoms with Gasteiger partial charge >= 0.3 is 5.97 Å². The van der Waals surface area contributed by atoms with Crippen LogP contribution in [0.2, 0.25) is 0 Å². The molecule has 0 amide bonds. The molecule has 0 aliphatic rings. The van der Waals surface area contributed by atoms with Crippen molar-refractivity contribution >= 4 is 5.97 Å². The maximum absolute atomic E-state index is 12.0. The molecule has 104 valence electrons. The van der Waals surface area contributed by atoms with E-state index in [1.807, 2.05) is 49.4 Å². The lowest BCUT2D eigenvalue weighted by Crippen LogP contribution is -2.09. The first-order chi connectivity index (χ1) is 9.72. The summed E-state index contributed by atoms with van der Waals surface area (Å²) >= 11 is 0. The third-order valence-electron chi connectivity index (χ3n) is 2.95. The molecule has 0 atom stereocenters. The van der Waals surface area contributed by atoms with Crippen molar-refractivity contribution in [1.82, 2.24) is 0 Å². The standard InChI is InChI=1S/C17H18O3/c1-3-19-17(18)16-13(2)8-7-11-15(16)20-12-14-9-5-4-6-10-14/h4-11H,3,12H2,1-2H3. The summed E-state index contributed by atoms with van der Waals surface area (Å²) in [6, 6.07) is 15.4. The predicted molar refractivity (Wildman–Crippen MR) is 77.9 cm³/mol. The Hall–Kier alpha value is -2.29. The average Bonchev–Trinajstić information content (AvgIpc) is 2.46. The van der Waals surface area contributed by atoms with Crippen molar-refractivity contribution in [3.05, 3.63) is 65.2 Å². The first kappa shape index (κ1) is 14.1. The van der Waals surface area contributed by atoms with Crippen LogP contribution in [0.15, 0.2) is 48.5 Å². The normalized spacial score (nSPS) is 10.1. The zero-order valence-corrected chi connectivity index (χ0v) is 11.8. The molecule has 20 heavy (non-hydrogen) atoms. The Kier molecular flexibility index (Phi) is 4.77. The van der Waals surface area contributed by atoms with Gasteiger partial charge in [-0.25, -0.2) is 4.79 Å². The molecule has 0 bridgehead atoms. The second-order valence-electron chi connectivity index (χ2n) is 4.44. The molecule has 0 radical (unpaired) electrons. The van der Waals surface area contributed by atoms with Gasteiger partial charge in [-0.2, -0.15) is 0 Å². The molecule has 0 aromatic heterocycles. The molecule has 3 nitrogen and oxygen atoms in total. The highest BCUT2D eigenvalue weighted by atomic mass is 16.5. The minimum atomic E-state index is -0.339. The van der Waals surface area contributed by atoms with Crippen LogP contribution in [0.5, 0.6) is 5.75 Å². The average molecular weight is 270 g/mol. The molecule has 0 fully saturated rings. The van der Waals surface area contributed by atoms with Crippen LogP contribution in [-0.2, 0) is 11.3 Å². The molecule has 0 aliphatic heterocycles.